The Kier molecular flexibility index (Phi) is 4.76. The van der Waals surface area contributed by atoms with E-state index in [0.29, 0.717) is 5.11 Å². The van der Waals surface area contributed by atoms with Crippen molar-refractivity contribution in [3.63, 3.8) is 0 Å². The van der Waals surface area contributed by atoms with Gasteiger partial charge in [-0.15, -0.1) is 0 Å². The minimum absolute atomic E-state index is 0.0234. The summed E-state index contributed by atoms with van der Waals surface area (Å²) in [6, 6.07) is 11.8. The van der Waals surface area contributed by atoms with E-state index < -0.39 is 0 Å². The van der Waals surface area contributed by atoms with Gasteiger partial charge in [0, 0.05) is 0 Å². The summed E-state index contributed by atoms with van der Waals surface area (Å²) in [6.07, 6.45) is 0. The third-order valence-corrected chi connectivity index (χ3v) is 4.07. The molecule has 5 nitrogen and oxygen atoms in total. The van der Waals surface area contributed by atoms with Crippen molar-refractivity contribution >= 4 is 23.0 Å². The van der Waals surface area contributed by atoms with Crippen molar-refractivity contribution in [1.29, 1.82) is 0 Å². The summed E-state index contributed by atoms with van der Waals surface area (Å²) >= 11 is 5.43. The average Bonchev–Trinajstić information content (AvgIpc) is 3.02. The average molecular weight is 344 g/mol. The molecule has 6 heteroatoms. The summed E-state index contributed by atoms with van der Waals surface area (Å²) in [6.45, 7) is 4.34. The van der Waals surface area contributed by atoms with Gasteiger partial charge in [0.15, 0.2) is 16.6 Å². The molecule has 0 bridgehead atoms. The van der Waals surface area contributed by atoms with Gasteiger partial charge in [0.05, 0.1) is 18.8 Å². The molecule has 1 unspecified atom stereocenters. The lowest BCUT2D eigenvalue weighted by Crippen LogP contribution is -2.31. The van der Waals surface area contributed by atoms with Crippen LogP contribution in [0.5, 0.6) is 17.2 Å². The van der Waals surface area contributed by atoms with Crippen LogP contribution in [-0.2, 0) is 0 Å². The van der Waals surface area contributed by atoms with Crippen molar-refractivity contribution in [2.75, 3.05) is 19.2 Å². The lowest BCUT2D eigenvalue weighted by atomic mass is 10.1. The quantitative estimate of drug-likeness (QED) is 0.823. The second-order valence-corrected chi connectivity index (χ2v) is 6.04. The SMILES string of the molecule is COc1ccc(C)cc1NC(=S)NC(C)c1ccc2c(c1)OCO2. The van der Waals surface area contributed by atoms with E-state index in [9.17, 15) is 0 Å². The molecule has 1 aliphatic heterocycles. The predicted octanol–water partition coefficient (Wildman–Crippen LogP) is 3.78. The summed E-state index contributed by atoms with van der Waals surface area (Å²) in [4.78, 5) is 0. The van der Waals surface area contributed by atoms with Crippen molar-refractivity contribution in [3.05, 3.63) is 47.5 Å². The Morgan fingerprint density at radius 2 is 1.96 bits per heavy atom. The van der Waals surface area contributed by atoms with Crippen LogP contribution in [0.25, 0.3) is 0 Å². The number of anilines is 1. The second kappa shape index (κ2) is 6.97. The molecule has 126 valence electrons. The Morgan fingerprint density at radius 3 is 2.75 bits per heavy atom. The van der Waals surface area contributed by atoms with E-state index in [0.717, 1.165) is 34.1 Å². The first kappa shape index (κ1) is 16.4. The van der Waals surface area contributed by atoms with Crippen LogP contribution in [-0.4, -0.2) is 19.0 Å². The smallest absolute Gasteiger partial charge is 0.231 e. The highest BCUT2D eigenvalue weighted by Crippen LogP contribution is 2.34. The van der Waals surface area contributed by atoms with Crippen LogP contribution in [0.1, 0.15) is 24.1 Å². The number of rotatable bonds is 4. The number of thiocarbonyl (C=S) groups is 1. The number of aryl methyl sites for hydroxylation is 1. The molecule has 0 aliphatic carbocycles. The largest absolute Gasteiger partial charge is 0.495 e. The number of fused-ring (bicyclic) bond motifs is 1. The van der Waals surface area contributed by atoms with Crippen molar-refractivity contribution in [1.82, 2.24) is 5.32 Å². The van der Waals surface area contributed by atoms with Gasteiger partial charge >= 0.3 is 0 Å². The zero-order chi connectivity index (χ0) is 17.1. The van der Waals surface area contributed by atoms with Gasteiger partial charge in [-0.05, 0) is 61.5 Å². The van der Waals surface area contributed by atoms with E-state index in [-0.39, 0.29) is 12.8 Å². The van der Waals surface area contributed by atoms with E-state index in [2.05, 4.69) is 10.6 Å². The van der Waals surface area contributed by atoms with Gasteiger partial charge in [-0.3, -0.25) is 0 Å². The highest BCUT2D eigenvalue weighted by molar-refractivity contribution is 7.80. The lowest BCUT2D eigenvalue weighted by molar-refractivity contribution is 0.174. The number of methoxy groups -OCH3 is 1. The van der Waals surface area contributed by atoms with Gasteiger partial charge < -0.3 is 24.8 Å². The number of hydrogen-bond acceptors (Lipinski definition) is 4. The highest BCUT2D eigenvalue weighted by atomic mass is 32.1. The van der Waals surface area contributed by atoms with Gasteiger partial charge in [0.2, 0.25) is 6.79 Å². The van der Waals surface area contributed by atoms with Crippen LogP contribution >= 0.6 is 12.2 Å². The van der Waals surface area contributed by atoms with E-state index in [1.807, 2.05) is 50.2 Å². The topological polar surface area (TPSA) is 51.8 Å². The highest BCUT2D eigenvalue weighted by Gasteiger charge is 2.16. The normalized spacial score (nSPS) is 13.3. The molecule has 24 heavy (non-hydrogen) atoms. The standard InChI is InChI=1S/C18H20N2O3S/c1-11-4-6-15(21-3)14(8-11)20-18(24)19-12(2)13-5-7-16-17(9-13)23-10-22-16/h4-9,12H,10H2,1-3H3,(H2,19,20,24). The van der Waals surface area contributed by atoms with Crippen molar-refractivity contribution in [2.45, 2.75) is 19.9 Å². The number of hydrogen-bond donors (Lipinski definition) is 2. The van der Waals surface area contributed by atoms with Crippen LogP contribution in [0.4, 0.5) is 5.69 Å². The van der Waals surface area contributed by atoms with E-state index >= 15 is 0 Å². The maximum atomic E-state index is 5.43. The number of ether oxygens (including phenoxy) is 3. The second-order valence-electron chi connectivity index (χ2n) is 5.64. The molecular formula is C18H20N2O3S. The Balaban J connectivity index is 1.67. The maximum absolute atomic E-state index is 5.43. The molecule has 2 N–H and O–H groups in total. The van der Waals surface area contributed by atoms with Crippen molar-refractivity contribution < 1.29 is 14.2 Å². The van der Waals surface area contributed by atoms with Crippen LogP contribution in [0.15, 0.2) is 36.4 Å². The molecule has 3 rings (SSSR count). The molecular weight excluding hydrogens is 324 g/mol. The van der Waals surface area contributed by atoms with Gasteiger partial charge in [-0.25, -0.2) is 0 Å². The molecule has 0 aromatic heterocycles. The van der Waals surface area contributed by atoms with Crippen LogP contribution < -0.4 is 24.8 Å². The van der Waals surface area contributed by atoms with Gasteiger partial charge in [0.25, 0.3) is 0 Å². The van der Waals surface area contributed by atoms with E-state index in [4.69, 9.17) is 26.4 Å². The molecule has 1 heterocycles. The molecule has 1 atom stereocenters. The summed E-state index contributed by atoms with van der Waals surface area (Å²) in [7, 11) is 1.64. The van der Waals surface area contributed by atoms with Crippen molar-refractivity contribution in [2.24, 2.45) is 0 Å². The first-order valence-corrected chi connectivity index (χ1v) is 8.09. The Morgan fingerprint density at radius 1 is 1.17 bits per heavy atom. The molecule has 2 aromatic carbocycles. The molecule has 0 amide bonds. The minimum atomic E-state index is 0.0234. The first-order valence-electron chi connectivity index (χ1n) is 7.68. The fourth-order valence-corrected chi connectivity index (χ4v) is 2.83. The molecule has 1 aliphatic rings. The molecule has 0 radical (unpaired) electrons. The molecule has 0 saturated carbocycles. The van der Waals surface area contributed by atoms with Crippen LogP contribution in [0.3, 0.4) is 0 Å². The molecule has 0 saturated heterocycles. The lowest BCUT2D eigenvalue weighted by Gasteiger charge is -2.19. The fraction of sp³-hybridized carbons (Fsp3) is 0.278. The van der Waals surface area contributed by atoms with Gasteiger partial charge in [-0.2, -0.15) is 0 Å². The van der Waals surface area contributed by atoms with E-state index in [1.165, 1.54) is 0 Å². The fourth-order valence-electron chi connectivity index (χ4n) is 2.54. The van der Waals surface area contributed by atoms with E-state index in [1.54, 1.807) is 7.11 Å². The Labute approximate surface area is 146 Å². The zero-order valence-corrected chi connectivity index (χ0v) is 14.7. The summed E-state index contributed by atoms with van der Waals surface area (Å²) in [5, 5.41) is 7.00. The minimum Gasteiger partial charge on any atom is -0.495 e. The third kappa shape index (κ3) is 3.54. The van der Waals surface area contributed by atoms with Gasteiger partial charge in [-0.1, -0.05) is 12.1 Å². The van der Waals surface area contributed by atoms with Crippen LogP contribution in [0, 0.1) is 6.92 Å². The van der Waals surface area contributed by atoms with Gasteiger partial charge in [0.1, 0.15) is 5.75 Å². The summed E-state index contributed by atoms with van der Waals surface area (Å²) < 4.78 is 16.1. The molecule has 0 spiro atoms. The number of benzene rings is 2. The summed E-state index contributed by atoms with van der Waals surface area (Å²) in [5.74, 6) is 2.29. The molecule has 2 aromatic rings. The third-order valence-electron chi connectivity index (χ3n) is 3.85. The zero-order valence-electron chi connectivity index (χ0n) is 13.9. The Bertz CT molecular complexity index is 764. The summed E-state index contributed by atoms with van der Waals surface area (Å²) in [5.41, 5.74) is 3.04. The van der Waals surface area contributed by atoms with Crippen molar-refractivity contribution in [3.8, 4) is 17.2 Å². The Hall–Kier alpha value is -2.47. The van der Waals surface area contributed by atoms with Crippen LogP contribution in [0.2, 0.25) is 0 Å². The monoisotopic (exact) mass is 344 g/mol. The predicted molar refractivity (Wildman–Crippen MR) is 98.1 cm³/mol. The first-order chi connectivity index (χ1) is 11.6. The number of nitrogens with one attached hydrogen (secondary N) is 2. The molecule has 0 fully saturated rings. The maximum Gasteiger partial charge on any atom is 0.231 e.